The quantitative estimate of drug-likeness (QED) is 0.359. The molecule has 0 atom stereocenters. The first-order chi connectivity index (χ1) is 16.0. The number of halogens is 1. The summed E-state index contributed by atoms with van der Waals surface area (Å²) in [7, 11) is 0. The minimum absolute atomic E-state index is 0.213. The van der Waals surface area contributed by atoms with Crippen molar-refractivity contribution < 1.29 is 9.59 Å². The van der Waals surface area contributed by atoms with Crippen LogP contribution in [0.25, 0.3) is 0 Å². The van der Waals surface area contributed by atoms with E-state index in [0.717, 1.165) is 0 Å². The second kappa shape index (κ2) is 8.69. The first-order valence-electron chi connectivity index (χ1n) is 10.1. The summed E-state index contributed by atoms with van der Waals surface area (Å²) < 4.78 is 0. The highest BCUT2D eigenvalue weighted by atomic mass is 35.5. The molecule has 2 heterocycles. The number of hydrogen-bond acceptors (Lipinski definition) is 6. The van der Waals surface area contributed by atoms with Crippen LogP contribution < -0.4 is 10.0 Å². The van der Waals surface area contributed by atoms with E-state index in [0.29, 0.717) is 38.3 Å². The van der Waals surface area contributed by atoms with E-state index < -0.39 is 0 Å². The Morgan fingerprint density at radius 2 is 1.42 bits per heavy atom. The van der Waals surface area contributed by atoms with Crippen molar-refractivity contribution in [2.24, 2.45) is 10.2 Å². The molecule has 5 rings (SSSR count). The lowest BCUT2D eigenvalue weighted by molar-refractivity contribution is -0.114. The van der Waals surface area contributed by atoms with Gasteiger partial charge in [0.15, 0.2) is 5.04 Å². The second-order valence-electron chi connectivity index (χ2n) is 7.31. The predicted octanol–water partition coefficient (Wildman–Crippen LogP) is 5.72. The summed E-state index contributed by atoms with van der Waals surface area (Å²) in [4.78, 5) is 26.6. The van der Waals surface area contributed by atoms with Gasteiger partial charge in [0.25, 0.3) is 5.91 Å². The van der Waals surface area contributed by atoms with Crippen LogP contribution in [0.3, 0.4) is 0 Å². The van der Waals surface area contributed by atoms with Crippen LogP contribution in [0.15, 0.2) is 106 Å². The molecule has 0 unspecified atom stereocenters. The molecule has 0 saturated heterocycles. The Balaban J connectivity index is 1.59. The zero-order valence-corrected chi connectivity index (χ0v) is 19.0. The van der Waals surface area contributed by atoms with Gasteiger partial charge in [0.05, 0.1) is 22.7 Å². The first-order valence-corrected chi connectivity index (χ1v) is 11.3. The third kappa shape index (κ3) is 3.97. The minimum Gasteiger partial charge on any atom is -0.286 e. The fourth-order valence-electron chi connectivity index (χ4n) is 3.51. The number of thioether (sulfide) groups is 1. The van der Waals surface area contributed by atoms with Gasteiger partial charge in [-0.3, -0.25) is 9.59 Å². The van der Waals surface area contributed by atoms with Crippen LogP contribution in [0.5, 0.6) is 0 Å². The predicted molar refractivity (Wildman–Crippen MR) is 134 cm³/mol. The summed E-state index contributed by atoms with van der Waals surface area (Å²) in [6, 6.07) is 25.2. The van der Waals surface area contributed by atoms with Crippen molar-refractivity contribution in [2.45, 2.75) is 6.92 Å². The highest BCUT2D eigenvalue weighted by Crippen LogP contribution is 2.40. The molecular weight excluding hydrogens is 456 g/mol. The summed E-state index contributed by atoms with van der Waals surface area (Å²) >= 11 is 7.24. The van der Waals surface area contributed by atoms with Crippen molar-refractivity contribution in [1.82, 2.24) is 0 Å². The van der Waals surface area contributed by atoms with Crippen molar-refractivity contribution in [3.8, 4) is 0 Å². The highest BCUT2D eigenvalue weighted by Gasteiger charge is 2.38. The number of hydrazone groups is 2. The van der Waals surface area contributed by atoms with Crippen molar-refractivity contribution in [3.05, 3.63) is 106 Å². The zero-order valence-electron chi connectivity index (χ0n) is 17.5. The van der Waals surface area contributed by atoms with Gasteiger partial charge in [0.1, 0.15) is 5.03 Å². The number of benzene rings is 3. The summed E-state index contributed by atoms with van der Waals surface area (Å²) in [5.74, 6) is -0.487. The third-order valence-electron chi connectivity index (χ3n) is 5.11. The van der Waals surface area contributed by atoms with E-state index in [-0.39, 0.29) is 16.7 Å². The number of ketones is 1. The molecule has 1 amide bonds. The molecule has 3 aromatic rings. The molecule has 0 bridgehead atoms. The van der Waals surface area contributed by atoms with Gasteiger partial charge >= 0.3 is 0 Å². The van der Waals surface area contributed by atoms with E-state index in [1.165, 1.54) is 16.8 Å². The highest BCUT2D eigenvalue weighted by molar-refractivity contribution is 8.19. The van der Waals surface area contributed by atoms with E-state index in [9.17, 15) is 9.59 Å². The van der Waals surface area contributed by atoms with Gasteiger partial charge in [-0.2, -0.15) is 15.2 Å². The molecule has 6 nitrogen and oxygen atoms in total. The van der Waals surface area contributed by atoms with Crippen LogP contribution >= 0.6 is 23.4 Å². The SMILES string of the molecule is CC1=NN(c2ccccc2)C(=O)/C1=C1\SC(C(=O)c2ccccc2)=NN1c1ccc(Cl)cc1. The van der Waals surface area contributed by atoms with E-state index in [2.05, 4.69) is 10.2 Å². The molecule has 0 N–H and O–H groups in total. The number of hydrogen-bond donors (Lipinski definition) is 0. The molecule has 33 heavy (non-hydrogen) atoms. The lowest BCUT2D eigenvalue weighted by atomic mass is 10.1. The van der Waals surface area contributed by atoms with Gasteiger partial charge in [0.2, 0.25) is 5.78 Å². The van der Waals surface area contributed by atoms with E-state index in [1.807, 2.05) is 36.4 Å². The topological polar surface area (TPSA) is 65.3 Å². The van der Waals surface area contributed by atoms with Crippen molar-refractivity contribution in [3.63, 3.8) is 0 Å². The number of para-hydroxylation sites is 1. The molecule has 0 fully saturated rings. The first kappa shape index (κ1) is 21.2. The number of Topliss-reactive ketones (excluding diaryl/α,β-unsaturated/α-hetero) is 1. The van der Waals surface area contributed by atoms with E-state index >= 15 is 0 Å². The number of nitrogens with zero attached hydrogens (tertiary/aromatic N) is 4. The summed E-state index contributed by atoms with van der Waals surface area (Å²) in [6.45, 7) is 1.78. The standard InChI is InChI=1S/C25H17ClN4O2S/c1-16-21(24(32)29(27-16)19-10-6-3-7-11-19)25-30(20-14-12-18(26)13-15-20)28-23(33-25)22(31)17-8-4-2-5-9-17/h2-15H,1H3/b25-21-. The molecule has 162 valence electrons. The third-order valence-corrected chi connectivity index (χ3v) is 6.39. The van der Waals surface area contributed by atoms with Crippen LogP contribution in [0.4, 0.5) is 11.4 Å². The lowest BCUT2D eigenvalue weighted by Gasteiger charge is -2.18. The Bertz CT molecular complexity index is 1340. The molecule has 8 heteroatoms. The monoisotopic (exact) mass is 472 g/mol. The van der Waals surface area contributed by atoms with Crippen LogP contribution in [-0.2, 0) is 4.79 Å². The Labute approximate surface area is 199 Å². The second-order valence-corrected chi connectivity index (χ2v) is 8.72. The van der Waals surface area contributed by atoms with Crippen LogP contribution in [0.1, 0.15) is 17.3 Å². The molecule has 0 saturated carbocycles. The molecule has 0 spiro atoms. The summed E-state index contributed by atoms with van der Waals surface area (Å²) in [6.07, 6.45) is 0. The van der Waals surface area contributed by atoms with Crippen LogP contribution in [-0.4, -0.2) is 22.4 Å². The Kier molecular flexibility index (Phi) is 5.58. The molecule has 0 aromatic heterocycles. The lowest BCUT2D eigenvalue weighted by Crippen LogP contribution is -2.24. The smallest absolute Gasteiger partial charge is 0.283 e. The van der Waals surface area contributed by atoms with Gasteiger partial charge in [0, 0.05) is 10.6 Å². The molecule has 0 radical (unpaired) electrons. The van der Waals surface area contributed by atoms with E-state index in [1.54, 1.807) is 60.5 Å². The Morgan fingerprint density at radius 1 is 0.818 bits per heavy atom. The van der Waals surface area contributed by atoms with Crippen LogP contribution in [0.2, 0.25) is 5.02 Å². The van der Waals surface area contributed by atoms with Crippen LogP contribution in [0, 0.1) is 0 Å². The number of carbonyl (C=O) groups excluding carboxylic acids is 2. The fourth-order valence-corrected chi connectivity index (χ4v) is 4.72. The van der Waals surface area contributed by atoms with Gasteiger partial charge in [-0.15, -0.1) is 0 Å². The maximum Gasteiger partial charge on any atom is 0.283 e. The Morgan fingerprint density at radius 3 is 2.09 bits per heavy atom. The fraction of sp³-hybridized carbons (Fsp3) is 0.0400. The average Bonchev–Trinajstić information content (AvgIpc) is 3.40. The molecule has 0 aliphatic carbocycles. The largest absolute Gasteiger partial charge is 0.286 e. The molecule has 2 aliphatic heterocycles. The van der Waals surface area contributed by atoms with E-state index in [4.69, 9.17) is 11.6 Å². The minimum atomic E-state index is -0.274. The molecule has 3 aromatic carbocycles. The number of anilines is 2. The van der Waals surface area contributed by atoms with Gasteiger partial charge in [-0.25, -0.2) is 5.01 Å². The summed E-state index contributed by atoms with van der Waals surface area (Å²) in [5, 5.41) is 13.4. The van der Waals surface area contributed by atoms with Crippen molar-refractivity contribution in [2.75, 3.05) is 10.0 Å². The van der Waals surface area contributed by atoms with Crippen molar-refractivity contribution >= 4 is 57.2 Å². The Hall–Kier alpha value is -3.68. The normalized spacial score (nSPS) is 17.9. The van der Waals surface area contributed by atoms with Gasteiger partial charge < -0.3 is 0 Å². The molecular formula is C25H17ClN4O2S. The number of rotatable bonds is 4. The average molecular weight is 473 g/mol. The maximum atomic E-state index is 13.4. The number of amides is 1. The summed E-state index contributed by atoms with van der Waals surface area (Å²) in [5.41, 5.74) is 2.83. The maximum absolute atomic E-state index is 13.4. The zero-order chi connectivity index (χ0) is 22.9. The number of carbonyl (C=O) groups is 2. The van der Waals surface area contributed by atoms with Gasteiger partial charge in [-0.05, 0) is 55.1 Å². The van der Waals surface area contributed by atoms with Gasteiger partial charge in [-0.1, -0.05) is 60.1 Å². The molecule has 2 aliphatic rings. The van der Waals surface area contributed by atoms with Crippen molar-refractivity contribution in [1.29, 1.82) is 0 Å².